The van der Waals surface area contributed by atoms with Crippen LogP contribution in [0.15, 0.2) is 35.9 Å². The fourth-order valence-corrected chi connectivity index (χ4v) is 6.91. The maximum absolute atomic E-state index is 14.1. The van der Waals surface area contributed by atoms with Crippen LogP contribution in [0.3, 0.4) is 0 Å². The Morgan fingerprint density at radius 1 is 1.20 bits per heavy atom. The van der Waals surface area contributed by atoms with Gasteiger partial charge in [-0.1, -0.05) is 56.2 Å². The number of hydrogen-bond donors (Lipinski definition) is 2. The molecule has 0 saturated carbocycles. The molecule has 3 aliphatic rings. The number of amides is 3. The Hall–Kier alpha value is -3.65. The van der Waals surface area contributed by atoms with Crippen molar-refractivity contribution in [3.8, 4) is 5.75 Å². The van der Waals surface area contributed by atoms with E-state index in [4.69, 9.17) is 35.3 Å². The van der Waals surface area contributed by atoms with E-state index in [0.29, 0.717) is 17.9 Å². The van der Waals surface area contributed by atoms with Crippen LogP contribution in [-0.2, 0) is 39.8 Å². The van der Waals surface area contributed by atoms with Gasteiger partial charge in [-0.05, 0) is 44.9 Å². The lowest BCUT2D eigenvalue weighted by atomic mass is 9.83. The van der Waals surface area contributed by atoms with Crippen LogP contribution in [0.2, 0.25) is 5.02 Å². The van der Waals surface area contributed by atoms with E-state index in [2.05, 4.69) is 5.32 Å². The van der Waals surface area contributed by atoms with Crippen LogP contribution in [-0.4, -0.2) is 104 Å². The summed E-state index contributed by atoms with van der Waals surface area (Å²) in [4.78, 5) is 55.8. The largest absolute Gasteiger partial charge is 0.495 e. The third-order valence-corrected chi connectivity index (χ3v) is 10.4. The first-order valence-corrected chi connectivity index (χ1v) is 17.1. The number of halogens is 1. The molecule has 276 valence electrons. The summed E-state index contributed by atoms with van der Waals surface area (Å²) in [6.45, 7) is 10.5. The molecule has 0 aliphatic carbocycles. The SMILES string of the molecule is COc1cc2cc(c1Cl)N(C)C(=O)CC(OC(=O)[C@H](C)N(C)C(=O)C(C)C)C1(C)OC1C(C)C1CC(O)(NC(=O)O1)C(OC)/C=C/C=C(\C)C2. The number of alkyl carbamates (subject to hydrolysis) is 1. The molecule has 13 nitrogen and oxygen atoms in total. The molecule has 1 aromatic rings. The van der Waals surface area contributed by atoms with E-state index in [1.165, 1.54) is 31.1 Å². The number of fused-ring (bicyclic) bond motifs is 5. The van der Waals surface area contributed by atoms with Crippen molar-refractivity contribution in [2.75, 3.05) is 33.2 Å². The molecule has 2 N–H and O–H groups in total. The molecule has 4 rings (SSSR count). The second kappa shape index (κ2) is 15.3. The summed E-state index contributed by atoms with van der Waals surface area (Å²) in [6.07, 6.45) is 1.00. The van der Waals surface area contributed by atoms with Gasteiger partial charge in [-0.15, -0.1) is 0 Å². The molecule has 7 unspecified atom stereocenters. The van der Waals surface area contributed by atoms with Crippen molar-refractivity contribution in [2.45, 2.75) is 103 Å². The monoisotopic (exact) mass is 719 g/mol. The number of aliphatic hydroxyl groups is 1. The third kappa shape index (κ3) is 8.11. The molecule has 3 heterocycles. The molecule has 2 fully saturated rings. The van der Waals surface area contributed by atoms with Crippen molar-refractivity contribution in [1.29, 1.82) is 0 Å². The smallest absolute Gasteiger partial charge is 0.409 e. The van der Waals surface area contributed by atoms with Gasteiger partial charge >= 0.3 is 12.1 Å². The maximum Gasteiger partial charge on any atom is 0.409 e. The van der Waals surface area contributed by atoms with Gasteiger partial charge in [0, 0.05) is 39.5 Å². The molecule has 0 radical (unpaired) electrons. The van der Waals surface area contributed by atoms with E-state index < -0.39 is 65.7 Å². The van der Waals surface area contributed by atoms with Gasteiger partial charge in [0.1, 0.15) is 40.7 Å². The number of likely N-dealkylation sites (N-methyl/N-ethyl adjacent to an activating group) is 1. The summed E-state index contributed by atoms with van der Waals surface area (Å²) in [5, 5.41) is 14.4. The predicted molar refractivity (Wildman–Crippen MR) is 186 cm³/mol. The predicted octanol–water partition coefficient (Wildman–Crippen LogP) is 4.17. The van der Waals surface area contributed by atoms with Crippen LogP contribution >= 0.6 is 11.6 Å². The highest BCUT2D eigenvalue weighted by Gasteiger charge is 2.64. The Morgan fingerprint density at radius 3 is 2.50 bits per heavy atom. The van der Waals surface area contributed by atoms with Crippen LogP contribution in [0.1, 0.15) is 59.9 Å². The zero-order chi connectivity index (χ0) is 37.3. The van der Waals surface area contributed by atoms with Crippen LogP contribution in [0.5, 0.6) is 5.75 Å². The highest BCUT2D eigenvalue weighted by Crippen LogP contribution is 2.49. The number of benzene rings is 1. The van der Waals surface area contributed by atoms with Gasteiger partial charge in [0.2, 0.25) is 11.8 Å². The second-order valence-electron chi connectivity index (χ2n) is 14.0. The van der Waals surface area contributed by atoms with Gasteiger partial charge in [0.25, 0.3) is 0 Å². The van der Waals surface area contributed by atoms with E-state index in [1.54, 1.807) is 66.0 Å². The first-order valence-electron chi connectivity index (χ1n) is 16.7. The van der Waals surface area contributed by atoms with Gasteiger partial charge < -0.3 is 38.6 Å². The van der Waals surface area contributed by atoms with Gasteiger partial charge in [-0.25, -0.2) is 9.59 Å². The minimum atomic E-state index is -1.82. The lowest BCUT2D eigenvalue weighted by Crippen LogP contribution is -2.63. The number of ether oxygens (including phenoxy) is 5. The fourth-order valence-electron chi connectivity index (χ4n) is 6.60. The zero-order valence-electron chi connectivity index (χ0n) is 30.4. The number of rotatable bonds is 6. The molecular formula is C36H50ClN3O10. The number of methoxy groups -OCH3 is 2. The highest BCUT2D eigenvalue weighted by molar-refractivity contribution is 6.35. The van der Waals surface area contributed by atoms with Crippen LogP contribution in [0, 0.1) is 11.8 Å². The normalized spacial score (nSPS) is 32.5. The molecule has 50 heavy (non-hydrogen) atoms. The molecule has 4 bridgehead atoms. The molecule has 3 aliphatic heterocycles. The molecule has 3 amide bonds. The molecule has 2 saturated heterocycles. The highest BCUT2D eigenvalue weighted by atomic mass is 35.5. The molecule has 14 heteroatoms. The quantitative estimate of drug-likeness (QED) is 0.323. The summed E-state index contributed by atoms with van der Waals surface area (Å²) in [5.41, 5.74) is -0.881. The van der Waals surface area contributed by atoms with Crippen molar-refractivity contribution in [3.63, 3.8) is 0 Å². The molecule has 0 aromatic heterocycles. The van der Waals surface area contributed by atoms with Crippen LogP contribution in [0.4, 0.5) is 10.5 Å². The van der Waals surface area contributed by atoms with E-state index >= 15 is 0 Å². The lowest BCUT2D eigenvalue weighted by Gasteiger charge is -2.42. The Morgan fingerprint density at radius 2 is 1.88 bits per heavy atom. The summed E-state index contributed by atoms with van der Waals surface area (Å²) < 4.78 is 29.1. The Bertz CT molecular complexity index is 1550. The minimum absolute atomic E-state index is 0.0449. The summed E-state index contributed by atoms with van der Waals surface area (Å²) in [6, 6.07) is 2.63. The van der Waals surface area contributed by atoms with Gasteiger partial charge in [-0.2, -0.15) is 0 Å². The summed E-state index contributed by atoms with van der Waals surface area (Å²) in [7, 11) is 6.02. The molecular weight excluding hydrogens is 670 g/mol. The number of hydrogen-bond acceptors (Lipinski definition) is 10. The van der Waals surface area contributed by atoms with Crippen LogP contribution in [0.25, 0.3) is 0 Å². The number of esters is 1. The number of anilines is 1. The van der Waals surface area contributed by atoms with E-state index in [-0.39, 0.29) is 29.7 Å². The standard InChI is InChI=1S/C36H50ClN3O10/c1-19(2)32(42)39(7)22(5)33(43)49-28-17-29(41)40(8)24-15-23(16-25(46-9)30(24)37)14-20(3)12-11-13-27(47-10)36(45)18-26(48-34(44)38-36)21(4)31-35(28,6)50-31/h11-13,15-16,19,21-22,26-28,31,45H,14,17-18H2,1-10H3,(H,38,44)/b13-11+,20-12+/t21?,22-,26?,27?,28?,31?,35?,36?/m0/s1. The third-order valence-electron chi connectivity index (χ3n) is 9.97. The van der Waals surface area contributed by atoms with Crippen molar-refractivity contribution in [2.24, 2.45) is 11.8 Å². The second-order valence-corrected chi connectivity index (χ2v) is 14.4. The van der Waals surface area contributed by atoms with Crippen LogP contribution < -0.4 is 15.0 Å². The molecule has 8 atom stereocenters. The minimum Gasteiger partial charge on any atom is -0.495 e. The Kier molecular flexibility index (Phi) is 12.0. The first kappa shape index (κ1) is 39.1. The van der Waals surface area contributed by atoms with Gasteiger partial charge in [-0.3, -0.25) is 14.9 Å². The number of nitrogens with one attached hydrogen (secondary N) is 1. The first-order chi connectivity index (χ1) is 23.4. The summed E-state index contributed by atoms with van der Waals surface area (Å²) in [5.74, 6) is -1.88. The van der Waals surface area contributed by atoms with E-state index in [9.17, 15) is 24.3 Å². The molecule has 0 spiro atoms. The number of allylic oxidation sites excluding steroid dienone is 3. The number of epoxide rings is 1. The van der Waals surface area contributed by atoms with E-state index in [1.807, 2.05) is 13.0 Å². The molecule has 1 aromatic carbocycles. The van der Waals surface area contributed by atoms with Crippen molar-refractivity contribution in [1.82, 2.24) is 10.2 Å². The number of carbonyl (C=O) groups excluding carboxylic acids is 4. The van der Waals surface area contributed by atoms with Gasteiger partial charge in [0.15, 0.2) is 5.72 Å². The summed E-state index contributed by atoms with van der Waals surface area (Å²) >= 11 is 6.74. The average molecular weight is 720 g/mol. The average Bonchev–Trinajstić information content (AvgIpc) is 3.76. The lowest BCUT2D eigenvalue weighted by molar-refractivity contribution is -0.162. The zero-order valence-corrected chi connectivity index (χ0v) is 31.2. The topological polar surface area (TPSA) is 156 Å². The Labute approximate surface area is 298 Å². The van der Waals surface area contributed by atoms with Gasteiger partial charge in [0.05, 0.1) is 25.3 Å². The van der Waals surface area contributed by atoms with Crippen molar-refractivity contribution in [3.05, 3.63) is 46.5 Å². The maximum atomic E-state index is 14.1. The Balaban J connectivity index is 1.78. The fraction of sp³-hybridized carbons (Fsp3) is 0.611. The number of nitrogens with zero attached hydrogens (tertiary/aromatic N) is 2. The van der Waals surface area contributed by atoms with E-state index in [0.717, 1.165) is 11.1 Å². The van der Waals surface area contributed by atoms with Crippen molar-refractivity contribution < 1.29 is 48.0 Å². The van der Waals surface area contributed by atoms with Crippen molar-refractivity contribution >= 4 is 41.2 Å². The number of carbonyl (C=O) groups is 4.